The molecule has 14 heavy (non-hydrogen) atoms. The highest BCUT2D eigenvalue weighted by molar-refractivity contribution is 6.06. The van der Waals surface area contributed by atoms with E-state index in [-0.39, 0.29) is 23.7 Å². The summed E-state index contributed by atoms with van der Waals surface area (Å²) in [6.07, 6.45) is 0.345. The van der Waals surface area contributed by atoms with Gasteiger partial charge in [-0.2, -0.15) is 0 Å². The molecule has 1 N–H and O–H groups in total. The summed E-state index contributed by atoms with van der Waals surface area (Å²) in [5, 5.41) is 2.84. The molecule has 0 aromatic heterocycles. The number of Topliss-reactive ketones (excluding diaryl/α,β-unsaturated/α-hetero) is 1. The highest BCUT2D eigenvalue weighted by Gasteiger charge is 2.45. The van der Waals surface area contributed by atoms with Gasteiger partial charge in [0.05, 0.1) is 12.0 Å². The average molecular weight is 187 g/mol. The fraction of sp³-hybridized carbons (Fsp3) is 0.273. The SMILES string of the molecule is O=C1C[C@@H]2C(=O)c3ccccc3[C@H]2N1. The number of amides is 1. The van der Waals surface area contributed by atoms with E-state index in [0.717, 1.165) is 11.1 Å². The van der Waals surface area contributed by atoms with Gasteiger partial charge in [-0.1, -0.05) is 24.3 Å². The lowest BCUT2D eigenvalue weighted by Crippen LogP contribution is -2.18. The van der Waals surface area contributed by atoms with Gasteiger partial charge in [-0.3, -0.25) is 9.59 Å². The van der Waals surface area contributed by atoms with E-state index in [2.05, 4.69) is 5.32 Å². The van der Waals surface area contributed by atoms with Crippen LogP contribution in [0.4, 0.5) is 0 Å². The summed E-state index contributed by atoms with van der Waals surface area (Å²) in [5.74, 6) is -0.0493. The molecule has 0 unspecified atom stereocenters. The number of hydrogen-bond acceptors (Lipinski definition) is 2. The molecule has 1 saturated heterocycles. The molecule has 1 aliphatic heterocycles. The number of carbonyl (C=O) groups excluding carboxylic acids is 2. The predicted molar refractivity (Wildman–Crippen MR) is 49.8 cm³/mol. The topological polar surface area (TPSA) is 46.2 Å². The first-order chi connectivity index (χ1) is 6.77. The number of rotatable bonds is 0. The Balaban J connectivity index is 2.16. The number of fused-ring (bicyclic) bond motifs is 3. The maximum Gasteiger partial charge on any atom is 0.221 e. The van der Waals surface area contributed by atoms with E-state index in [4.69, 9.17) is 0 Å². The fourth-order valence-electron chi connectivity index (χ4n) is 2.38. The van der Waals surface area contributed by atoms with Crippen LogP contribution in [0, 0.1) is 5.92 Å². The van der Waals surface area contributed by atoms with Crippen LogP contribution in [0.5, 0.6) is 0 Å². The molecule has 1 heterocycles. The Morgan fingerprint density at radius 1 is 1.21 bits per heavy atom. The average Bonchev–Trinajstić information content (AvgIpc) is 2.68. The Bertz CT molecular complexity index is 439. The second-order valence-corrected chi connectivity index (χ2v) is 3.81. The van der Waals surface area contributed by atoms with Crippen LogP contribution in [-0.2, 0) is 4.79 Å². The van der Waals surface area contributed by atoms with Gasteiger partial charge < -0.3 is 5.32 Å². The van der Waals surface area contributed by atoms with Gasteiger partial charge >= 0.3 is 0 Å². The van der Waals surface area contributed by atoms with Crippen LogP contribution in [0.1, 0.15) is 28.4 Å². The third-order valence-corrected chi connectivity index (χ3v) is 3.02. The molecular formula is C11H9NO2. The van der Waals surface area contributed by atoms with Crippen LogP contribution < -0.4 is 5.32 Å². The first-order valence-corrected chi connectivity index (χ1v) is 4.70. The monoisotopic (exact) mass is 187 g/mol. The summed E-state index contributed by atoms with van der Waals surface area (Å²) in [5.41, 5.74) is 1.76. The number of nitrogens with one attached hydrogen (secondary N) is 1. The zero-order valence-corrected chi connectivity index (χ0v) is 7.49. The lowest BCUT2D eigenvalue weighted by molar-refractivity contribution is -0.119. The molecule has 1 amide bonds. The molecule has 0 spiro atoms. The highest BCUT2D eigenvalue weighted by Crippen LogP contribution is 2.40. The molecule has 2 aliphatic rings. The van der Waals surface area contributed by atoms with Crippen LogP contribution >= 0.6 is 0 Å². The molecule has 2 atom stereocenters. The molecule has 0 radical (unpaired) electrons. The summed E-state index contributed by atoms with van der Waals surface area (Å²) in [6, 6.07) is 7.45. The van der Waals surface area contributed by atoms with Crippen molar-refractivity contribution in [1.29, 1.82) is 0 Å². The Hall–Kier alpha value is -1.64. The Kier molecular flexibility index (Phi) is 1.35. The van der Waals surface area contributed by atoms with Crippen molar-refractivity contribution in [2.24, 2.45) is 5.92 Å². The van der Waals surface area contributed by atoms with E-state index >= 15 is 0 Å². The second kappa shape index (κ2) is 2.44. The first kappa shape index (κ1) is 7.74. The quantitative estimate of drug-likeness (QED) is 0.660. The van der Waals surface area contributed by atoms with Gasteiger partial charge in [0.15, 0.2) is 5.78 Å². The molecule has 1 aromatic carbocycles. The van der Waals surface area contributed by atoms with E-state index in [1.54, 1.807) is 0 Å². The Labute approximate surface area is 81.1 Å². The van der Waals surface area contributed by atoms with Crippen molar-refractivity contribution < 1.29 is 9.59 Å². The maximum absolute atomic E-state index is 11.8. The van der Waals surface area contributed by atoms with Gasteiger partial charge in [-0.25, -0.2) is 0 Å². The summed E-state index contributed by atoms with van der Waals surface area (Å²) >= 11 is 0. The zero-order valence-electron chi connectivity index (χ0n) is 7.49. The van der Waals surface area contributed by atoms with Crippen LogP contribution in [0.15, 0.2) is 24.3 Å². The van der Waals surface area contributed by atoms with Crippen LogP contribution in [0.2, 0.25) is 0 Å². The van der Waals surface area contributed by atoms with Crippen molar-refractivity contribution in [3.63, 3.8) is 0 Å². The lowest BCUT2D eigenvalue weighted by Gasteiger charge is -2.07. The predicted octanol–water partition coefficient (Wildman–Crippen LogP) is 1.06. The van der Waals surface area contributed by atoms with Crippen LogP contribution in [-0.4, -0.2) is 11.7 Å². The van der Waals surface area contributed by atoms with E-state index in [1.165, 1.54) is 0 Å². The first-order valence-electron chi connectivity index (χ1n) is 4.70. The third kappa shape index (κ3) is 0.816. The van der Waals surface area contributed by atoms with Gasteiger partial charge in [0.1, 0.15) is 0 Å². The van der Waals surface area contributed by atoms with Crippen molar-refractivity contribution in [2.75, 3.05) is 0 Å². The summed E-state index contributed by atoms with van der Waals surface area (Å²) in [7, 11) is 0. The Morgan fingerprint density at radius 3 is 2.86 bits per heavy atom. The minimum atomic E-state index is -0.153. The number of carbonyl (C=O) groups is 2. The summed E-state index contributed by atoms with van der Waals surface area (Å²) in [6.45, 7) is 0. The minimum absolute atomic E-state index is 0.0112. The molecule has 0 saturated carbocycles. The fourth-order valence-corrected chi connectivity index (χ4v) is 2.38. The molecule has 3 nitrogen and oxygen atoms in total. The largest absolute Gasteiger partial charge is 0.348 e. The lowest BCUT2D eigenvalue weighted by atomic mass is 10.0. The zero-order chi connectivity index (χ0) is 9.71. The van der Waals surface area contributed by atoms with Crippen molar-refractivity contribution in [1.82, 2.24) is 5.32 Å². The van der Waals surface area contributed by atoms with Crippen molar-refractivity contribution in [3.05, 3.63) is 35.4 Å². The normalized spacial score (nSPS) is 28.6. The van der Waals surface area contributed by atoms with Gasteiger partial charge in [0.25, 0.3) is 0 Å². The number of hydrogen-bond donors (Lipinski definition) is 1. The molecule has 0 bridgehead atoms. The van der Waals surface area contributed by atoms with Gasteiger partial charge in [-0.05, 0) is 5.56 Å². The number of benzene rings is 1. The molecule has 1 aromatic rings. The summed E-state index contributed by atoms with van der Waals surface area (Å²) in [4.78, 5) is 23.0. The molecule has 70 valence electrons. The van der Waals surface area contributed by atoms with E-state index in [9.17, 15) is 9.59 Å². The molecular weight excluding hydrogens is 178 g/mol. The van der Waals surface area contributed by atoms with Crippen LogP contribution in [0.3, 0.4) is 0 Å². The van der Waals surface area contributed by atoms with E-state index in [1.807, 2.05) is 24.3 Å². The van der Waals surface area contributed by atoms with E-state index < -0.39 is 0 Å². The summed E-state index contributed by atoms with van der Waals surface area (Å²) < 4.78 is 0. The molecule has 1 fully saturated rings. The molecule has 3 rings (SSSR count). The second-order valence-electron chi connectivity index (χ2n) is 3.81. The van der Waals surface area contributed by atoms with Gasteiger partial charge in [0, 0.05) is 12.0 Å². The van der Waals surface area contributed by atoms with E-state index in [0.29, 0.717) is 6.42 Å². The van der Waals surface area contributed by atoms with Crippen molar-refractivity contribution in [2.45, 2.75) is 12.5 Å². The molecule has 1 aliphatic carbocycles. The van der Waals surface area contributed by atoms with Gasteiger partial charge in [-0.15, -0.1) is 0 Å². The van der Waals surface area contributed by atoms with Crippen molar-refractivity contribution in [3.8, 4) is 0 Å². The maximum atomic E-state index is 11.8. The van der Waals surface area contributed by atoms with Gasteiger partial charge in [0.2, 0.25) is 5.91 Å². The van der Waals surface area contributed by atoms with Crippen molar-refractivity contribution >= 4 is 11.7 Å². The minimum Gasteiger partial charge on any atom is -0.348 e. The van der Waals surface area contributed by atoms with Crippen LogP contribution in [0.25, 0.3) is 0 Å². The Morgan fingerprint density at radius 2 is 2.00 bits per heavy atom. The highest BCUT2D eigenvalue weighted by atomic mass is 16.2. The standard InChI is InChI=1S/C11H9NO2/c13-9-5-8-10(12-9)6-3-1-2-4-7(6)11(8)14/h1-4,8,10H,5H2,(H,12,13)/t8-,10+/m0/s1. The smallest absolute Gasteiger partial charge is 0.221 e. The third-order valence-electron chi connectivity index (χ3n) is 3.02. The number of ketones is 1. The molecule has 3 heteroatoms.